The smallest absolute Gasteiger partial charge is 0.360 e. The highest BCUT2D eigenvalue weighted by Gasteiger charge is 2.75. The van der Waals surface area contributed by atoms with E-state index in [1.165, 1.54) is 33.5 Å². The molecule has 3 aliphatic carbocycles. The molecule has 3 saturated carbocycles. The molecule has 7 nitrogen and oxygen atoms in total. The Morgan fingerprint density at radius 3 is 2.44 bits per heavy atom. The number of likely N-dealkylation sites (tertiary alicyclic amines) is 1. The van der Waals surface area contributed by atoms with Crippen LogP contribution in [0.25, 0.3) is 0 Å². The number of hydrogen-bond donors (Lipinski definition) is 1. The van der Waals surface area contributed by atoms with Gasteiger partial charge in [0.2, 0.25) is 15.9 Å². The fourth-order valence-electron chi connectivity index (χ4n) is 7.24. The first-order chi connectivity index (χ1) is 20.1. The largest absolute Gasteiger partial charge is 0.393 e. The monoisotopic (exact) mass is 640 g/mol. The number of rotatable bonds is 7. The predicted octanol–water partition coefficient (Wildman–Crippen LogP) is 5.54. The molecule has 0 spiro atoms. The molecule has 7 rings (SSSR count). The Hall–Kier alpha value is -2.70. The summed E-state index contributed by atoms with van der Waals surface area (Å²) in [7, 11) is -3.97. The molecular formula is C30H33ClF4N4O3S. The van der Waals surface area contributed by atoms with Gasteiger partial charge in [0, 0.05) is 30.6 Å². The minimum Gasteiger partial charge on any atom is -0.360 e. The summed E-state index contributed by atoms with van der Waals surface area (Å²) >= 11 is 5.86. The summed E-state index contributed by atoms with van der Waals surface area (Å²) in [6, 6.07) is 11.5. The summed E-state index contributed by atoms with van der Waals surface area (Å²) in [5.41, 5.74) is -1.63. The van der Waals surface area contributed by atoms with Gasteiger partial charge in [0.05, 0.1) is 21.4 Å². The van der Waals surface area contributed by atoms with Gasteiger partial charge < -0.3 is 10.2 Å². The molecule has 2 atom stereocenters. The molecule has 2 aliphatic heterocycles. The lowest BCUT2D eigenvalue weighted by atomic mass is 9.38. The van der Waals surface area contributed by atoms with Gasteiger partial charge in [-0.15, -0.1) is 0 Å². The molecule has 2 bridgehead atoms. The van der Waals surface area contributed by atoms with Crippen LogP contribution < -0.4 is 5.32 Å². The second-order valence-corrected chi connectivity index (χ2v) is 15.2. The number of hydrogen-bond acceptors (Lipinski definition) is 5. The van der Waals surface area contributed by atoms with Crippen LogP contribution in [0.2, 0.25) is 5.02 Å². The van der Waals surface area contributed by atoms with Crippen molar-refractivity contribution in [3.63, 3.8) is 0 Å². The standard InChI is InChI=1S/C30H33ClF4N4O3S/c1-27(2)24(25(40)38-12-6-7-20(15-38)30(33,34)35)36-26(37-27)28-16-29(17-28,18-28)39(14-19-10-11-22(31)23(32)13-19)43(41,42)21-8-4-3-5-9-21/h3-5,8-11,13,20,24H,6-7,12,14-18H2,1-2H3,(H,36,37)/t20-,24+,28?,29?/m1/s1. The van der Waals surface area contributed by atoms with Gasteiger partial charge in [-0.1, -0.05) is 35.9 Å². The van der Waals surface area contributed by atoms with E-state index in [0.29, 0.717) is 30.7 Å². The van der Waals surface area contributed by atoms with E-state index in [0.717, 1.165) is 0 Å². The molecule has 2 heterocycles. The van der Waals surface area contributed by atoms with E-state index >= 15 is 0 Å². The average molecular weight is 641 g/mol. The molecule has 2 aromatic rings. The summed E-state index contributed by atoms with van der Waals surface area (Å²) in [4.78, 5) is 19.8. The van der Waals surface area contributed by atoms with Crippen LogP contribution in [0.15, 0.2) is 58.4 Å². The first-order valence-corrected chi connectivity index (χ1v) is 16.1. The number of benzene rings is 2. The lowest BCUT2D eigenvalue weighted by Crippen LogP contribution is -2.78. The Labute approximate surface area is 253 Å². The number of amidine groups is 1. The zero-order valence-corrected chi connectivity index (χ0v) is 25.4. The molecule has 232 valence electrons. The number of halogens is 5. The summed E-state index contributed by atoms with van der Waals surface area (Å²) in [6.07, 6.45) is -2.72. The highest BCUT2D eigenvalue weighted by Crippen LogP contribution is 2.71. The topological polar surface area (TPSA) is 82.1 Å². The van der Waals surface area contributed by atoms with Crippen LogP contribution in [0, 0.1) is 17.2 Å². The Morgan fingerprint density at radius 1 is 1.14 bits per heavy atom. The minimum absolute atomic E-state index is 0.00671. The van der Waals surface area contributed by atoms with Gasteiger partial charge in [-0.05, 0) is 75.8 Å². The summed E-state index contributed by atoms with van der Waals surface area (Å²) in [5, 5.41) is 3.19. The third-order valence-corrected chi connectivity index (χ3v) is 11.8. The van der Waals surface area contributed by atoms with Crippen LogP contribution in [-0.2, 0) is 21.4 Å². The van der Waals surface area contributed by atoms with Crippen molar-refractivity contribution in [1.82, 2.24) is 14.5 Å². The molecule has 5 aliphatic rings. The number of piperidine rings is 1. The molecule has 1 N–H and O–H groups in total. The SMILES string of the molecule is CC1(C)N=C(C23CC(N(Cc4ccc(Cl)c(F)c4)S(=O)(=O)c4ccccc4)(C2)C3)N[C@H]1C(=O)N1CCC[C@@H](C(F)(F)F)C1. The fraction of sp³-hybridized carbons (Fsp3) is 0.533. The Kier molecular flexibility index (Phi) is 7.17. The number of aliphatic imine (C=N–C) groups is 1. The van der Waals surface area contributed by atoms with Crippen molar-refractivity contribution >= 4 is 33.4 Å². The molecule has 43 heavy (non-hydrogen) atoms. The Balaban J connectivity index is 1.21. The van der Waals surface area contributed by atoms with E-state index in [4.69, 9.17) is 16.6 Å². The van der Waals surface area contributed by atoms with Gasteiger partial charge in [-0.2, -0.15) is 17.5 Å². The molecule has 4 fully saturated rings. The normalized spacial score (nSPS) is 29.9. The highest BCUT2D eigenvalue weighted by molar-refractivity contribution is 7.89. The van der Waals surface area contributed by atoms with Crippen LogP contribution in [-0.4, -0.2) is 65.8 Å². The number of amides is 1. The van der Waals surface area contributed by atoms with Crippen LogP contribution in [0.4, 0.5) is 17.6 Å². The summed E-state index contributed by atoms with van der Waals surface area (Å²) < 4.78 is 83.8. The molecule has 1 saturated heterocycles. The molecule has 0 unspecified atom stereocenters. The molecule has 1 amide bonds. The maximum Gasteiger partial charge on any atom is 0.393 e. The molecule has 0 radical (unpaired) electrons. The molecule has 2 aromatic carbocycles. The Bertz CT molecular complexity index is 1560. The first kappa shape index (κ1) is 30.3. The van der Waals surface area contributed by atoms with Gasteiger partial charge in [0.25, 0.3) is 0 Å². The van der Waals surface area contributed by atoms with Crippen molar-refractivity contribution in [2.75, 3.05) is 13.1 Å². The van der Waals surface area contributed by atoms with Crippen molar-refractivity contribution in [3.8, 4) is 0 Å². The van der Waals surface area contributed by atoms with E-state index in [2.05, 4.69) is 5.32 Å². The third kappa shape index (κ3) is 5.12. The van der Waals surface area contributed by atoms with Crippen LogP contribution in [0.3, 0.4) is 0 Å². The number of carbonyl (C=O) groups is 1. The van der Waals surface area contributed by atoms with Gasteiger partial charge in [-0.25, -0.2) is 12.8 Å². The van der Waals surface area contributed by atoms with Crippen molar-refractivity contribution in [2.24, 2.45) is 16.3 Å². The zero-order valence-electron chi connectivity index (χ0n) is 23.8. The Morgan fingerprint density at radius 2 is 1.81 bits per heavy atom. The second-order valence-electron chi connectivity index (χ2n) is 13.0. The number of carbonyl (C=O) groups excluding carboxylic acids is 1. The molecule has 0 aromatic heterocycles. The summed E-state index contributed by atoms with van der Waals surface area (Å²) in [6.45, 7) is 3.41. The fourth-order valence-corrected chi connectivity index (χ4v) is 9.14. The van der Waals surface area contributed by atoms with E-state index in [1.807, 2.05) is 0 Å². The first-order valence-electron chi connectivity index (χ1n) is 14.3. The van der Waals surface area contributed by atoms with Crippen molar-refractivity contribution < 1.29 is 30.8 Å². The van der Waals surface area contributed by atoms with E-state index < -0.39 is 56.4 Å². The highest BCUT2D eigenvalue weighted by atomic mass is 35.5. The lowest BCUT2D eigenvalue weighted by Gasteiger charge is -2.72. The third-order valence-electron chi connectivity index (χ3n) is 9.51. The minimum atomic E-state index is -4.36. The van der Waals surface area contributed by atoms with Gasteiger partial charge in [0.15, 0.2) is 0 Å². The van der Waals surface area contributed by atoms with E-state index in [9.17, 15) is 30.8 Å². The average Bonchev–Trinajstić information content (AvgIpc) is 3.22. The molecule has 13 heteroatoms. The maximum atomic E-state index is 14.3. The van der Waals surface area contributed by atoms with E-state index in [-0.39, 0.29) is 42.4 Å². The van der Waals surface area contributed by atoms with Gasteiger partial charge in [0.1, 0.15) is 17.7 Å². The quantitative estimate of drug-likeness (QED) is 0.403. The summed E-state index contributed by atoms with van der Waals surface area (Å²) in [5.74, 6) is -1.99. The van der Waals surface area contributed by atoms with Crippen LogP contribution in [0.1, 0.15) is 51.5 Å². The maximum absolute atomic E-state index is 14.3. The van der Waals surface area contributed by atoms with Crippen molar-refractivity contribution in [1.29, 1.82) is 0 Å². The van der Waals surface area contributed by atoms with Crippen LogP contribution >= 0.6 is 11.6 Å². The number of alkyl halides is 3. The molecular weight excluding hydrogens is 608 g/mol. The van der Waals surface area contributed by atoms with E-state index in [1.54, 1.807) is 38.1 Å². The van der Waals surface area contributed by atoms with Gasteiger partial charge >= 0.3 is 6.18 Å². The zero-order chi connectivity index (χ0) is 31.0. The number of sulfonamides is 1. The number of nitrogens with one attached hydrogen (secondary N) is 1. The predicted molar refractivity (Wildman–Crippen MR) is 153 cm³/mol. The van der Waals surface area contributed by atoms with Crippen molar-refractivity contribution in [2.45, 2.75) is 80.7 Å². The van der Waals surface area contributed by atoms with Crippen LogP contribution in [0.5, 0.6) is 0 Å². The van der Waals surface area contributed by atoms with Gasteiger partial charge in [-0.3, -0.25) is 9.79 Å². The second kappa shape index (κ2) is 10.2. The lowest BCUT2D eigenvalue weighted by molar-refractivity contribution is -0.188. The van der Waals surface area contributed by atoms with Crippen molar-refractivity contribution in [3.05, 3.63) is 64.9 Å². The number of nitrogens with zero attached hydrogens (tertiary/aromatic N) is 3.